The van der Waals surface area contributed by atoms with E-state index in [1.54, 1.807) is 6.07 Å². The highest BCUT2D eigenvalue weighted by atomic mass is 35.5. The number of nitrogens with one attached hydrogen (secondary N) is 2. The summed E-state index contributed by atoms with van der Waals surface area (Å²) in [4.78, 5) is 12.1. The van der Waals surface area contributed by atoms with E-state index in [1.807, 2.05) is 26.0 Å². The highest BCUT2D eigenvalue weighted by Crippen LogP contribution is 2.27. The van der Waals surface area contributed by atoms with Crippen LogP contribution >= 0.6 is 11.6 Å². The van der Waals surface area contributed by atoms with Crippen LogP contribution in [-0.2, 0) is 4.79 Å². The van der Waals surface area contributed by atoms with Gasteiger partial charge in [-0.3, -0.25) is 4.79 Å². The Morgan fingerprint density at radius 3 is 2.50 bits per heavy atom. The number of halogens is 1. The molecule has 0 aromatic heterocycles. The van der Waals surface area contributed by atoms with Crippen LogP contribution in [0.4, 0.5) is 11.4 Å². The molecule has 1 amide bonds. The highest BCUT2D eigenvalue weighted by Gasteiger charge is 2.10. The molecule has 0 saturated heterocycles. The molecule has 5 nitrogen and oxygen atoms in total. The number of aryl methyl sites for hydroxylation is 2. The van der Waals surface area contributed by atoms with E-state index in [1.165, 1.54) is 30.5 Å². The van der Waals surface area contributed by atoms with E-state index < -0.39 is 5.91 Å². The lowest BCUT2D eigenvalue weighted by atomic mass is 10.1. The Labute approximate surface area is 145 Å². The molecule has 0 spiro atoms. The number of hydrogen-bond acceptors (Lipinski definition) is 4. The van der Waals surface area contributed by atoms with Crippen LogP contribution in [0.15, 0.2) is 48.2 Å². The summed E-state index contributed by atoms with van der Waals surface area (Å²) >= 11 is 6.19. The predicted molar refractivity (Wildman–Crippen MR) is 95.0 cm³/mol. The maximum atomic E-state index is 12.1. The third-order valence-corrected chi connectivity index (χ3v) is 3.58. The summed E-state index contributed by atoms with van der Waals surface area (Å²) < 4.78 is 0. The largest absolute Gasteiger partial charge is 0.508 e. The van der Waals surface area contributed by atoms with Gasteiger partial charge in [-0.05, 0) is 55.3 Å². The zero-order valence-corrected chi connectivity index (χ0v) is 14.0. The summed E-state index contributed by atoms with van der Waals surface area (Å²) in [7, 11) is 0. The topological polar surface area (TPSA) is 85.2 Å². The molecule has 0 unspecified atom stereocenters. The lowest BCUT2D eigenvalue weighted by Crippen LogP contribution is -2.14. The Bertz CT molecular complexity index is 813. The Hall–Kier alpha value is -2.97. The Morgan fingerprint density at radius 2 is 1.92 bits per heavy atom. The molecule has 0 heterocycles. The van der Waals surface area contributed by atoms with Crippen molar-refractivity contribution in [2.24, 2.45) is 0 Å². The van der Waals surface area contributed by atoms with Gasteiger partial charge in [0.25, 0.3) is 5.91 Å². The van der Waals surface area contributed by atoms with E-state index in [2.05, 4.69) is 10.6 Å². The number of carbonyl (C=O) groups is 1. The Morgan fingerprint density at radius 1 is 1.25 bits per heavy atom. The van der Waals surface area contributed by atoms with Gasteiger partial charge in [0, 0.05) is 11.9 Å². The number of benzene rings is 2. The van der Waals surface area contributed by atoms with Crippen LogP contribution in [0.1, 0.15) is 11.1 Å². The molecule has 0 fully saturated rings. The number of carbonyl (C=O) groups excluding carboxylic acids is 1. The molecule has 0 aliphatic rings. The van der Waals surface area contributed by atoms with E-state index >= 15 is 0 Å². The van der Waals surface area contributed by atoms with E-state index in [9.17, 15) is 15.2 Å². The third kappa shape index (κ3) is 4.28. The molecular formula is C18H16ClN3O2. The minimum atomic E-state index is -0.559. The number of amides is 1. The van der Waals surface area contributed by atoms with Gasteiger partial charge in [0.2, 0.25) is 0 Å². The molecule has 24 heavy (non-hydrogen) atoms. The number of hydrogen-bond donors (Lipinski definition) is 3. The van der Waals surface area contributed by atoms with E-state index in [0.29, 0.717) is 16.4 Å². The van der Waals surface area contributed by atoms with Crippen LogP contribution in [0.5, 0.6) is 5.75 Å². The third-order valence-electron chi connectivity index (χ3n) is 3.28. The summed E-state index contributed by atoms with van der Waals surface area (Å²) in [5.74, 6) is -0.466. The summed E-state index contributed by atoms with van der Waals surface area (Å²) in [5.41, 5.74) is 2.96. The van der Waals surface area contributed by atoms with Crippen molar-refractivity contribution in [3.8, 4) is 11.8 Å². The van der Waals surface area contributed by atoms with Gasteiger partial charge in [0.05, 0.1) is 10.7 Å². The van der Waals surface area contributed by atoms with Gasteiger partial charge in [-0.15, -0.1) is 0 Å². The maximum absolute atomic E-state index is 12.1. The van der Waals surface area contributed by atoms with Gasteiger partial charge in [-0.25, -0.2) is 0 Å². The minimum absolute atomic E-state index is 0.0928. The van der Waals surface area contributed by atoms with E-state index in [4.69, 9.17) is 11.6 Å². The molecule has 122 valence electrons. The second-order valence-corrected chi connectivity index (χ2v) is 5.66. The second-order valence-electron chi connectivity index (χ2n) is 5.25. The average molecular weight is 342 g/mol. The number of phenolic OH excluding ortho intramolecular Hbond substituents is 1. The quantitative estimate of drug-likeness (QED) is 0.443. The minimum Gasteiger partial charge on any atom is -0.508 e. The smallest absolute Gasteiger partial charge is 0.267 e. The van der Waals surface area contributed by atoms with E-state index in [-0.39, 0.29) is 11.3 Å². The average Bonchev–Trinajstić information content (AvgIpc) is 2.52. The standard InChI is InChI=1S/C18H16ClN3O2/c1-11-7-12(2)17(16(19)8-11)21-10-13(9-20)18(24)22-14-3-5-15(23)6-4-14/h3-8,10,21,23H,1-2H3,(H,22,24)/b13-10-. The monoisotopic (exact) mass is 341 g/mol. The van der Waals surface area contributed by atoms with Gasteiger partial charge >= 0.3 is 0 Å². The maximum Gasteiger partial charge on any atom is 0.267 e. The molecule has 0 aliphatic heterocycles. The number of nitriles is 1. The van der Waals surface area contributed by atoms with Crippen LogP contribution in [-0.4, -0.2) is 11.0 Å². The first kappa shape index (κ1) is 17.4. The molecule has 0 radical (unpaired) electrons. The number of nitrogens with zero attached hydrogens (tertiary/aromatic N) is 1. The fraction of sp³-hybridized carbons (Fsp3) is 0.111. The van der Waals surface area contributed by atoms with Crippen LogP contribution in [0.3, 0.4) is 0 Å². The van der Waals surface area contributed by atoms with Crippen molar-refractivity contribution in [1.29, 1.82) is 5.26 Å². The fourth-order valence-corrected chi connectivity index (χ4v) is 2.51. The first-order valence-corrected chi connectivity index (χ1v) is 7.52. The van der Waals surface area contributed by atoms with Crippen molar-refractivity contribution in [3.05, 3.63) is 64.3 Å². The predicted octanol–water partition coefficient (Wildman–Crippen LogP) is 4.12. The van der Waals surface area contributed by atoms with Crippen molar-refractivity contribution in [1.82, 2.24) is 0 Å². The van der Waals surface area contributed by atoms with Gasteiger partial charge in [-0.1, -0.05) is 17.7 Å². The molecular weight excluding hydrogens is 326 g/mol. The summed E-state index contributed by atoms with van der Waals surface area (Å²) in [6, 6.07) is 11.6. The van der Waals surface area contributed by atoms with Crippen LogP contribution in [0.25, 0.3) is 0 Å². The van der Waals surface area contributed by atoms with Crippen LogP contribution < -0.4 is 10.6 Å². The molecule has 6 heteroatoms. The second kappa shape index (κ2) is 7.53. The van der Waals surface area contributed by atoms with Crippen LogP contribution in [0.2, 0.25) is 5.02 Å². The first-order chi connectivity index (χ1) is 11.4. The number of anilines is 2. The SMILES string of the molecule is Cc1cc(C)c(N/C=C(/C#N)C(=O)Nc2ccc(O)cc2)c(Cl)c1. The lowest BCUT2D eigenvalue weighted by molar-refractivity contribution is -0.112. The van der Waals surface area contributed by atoms with Crippen molar-refractivity contribution >= 4 is 28.9 Å². The molecule has 2 aromatic rings. The number of phenols is 1. The van der Waals surface area contributed by atoms with Crippen molar-refractivity contribution in [2.45, 2.75) is 13.8 Å². The Kier molecular flexibility index (Phi) is 5.46. The van der Waals surface area contributed by atoms with Gasteiger partial charge in [0.1, 0.15) is 17.4 Å². The van der Waals surface area contributed by atoms with E-state index in [0.717, 1.165) is 11.1 Å². The first-order valence-electron chi connectivity index (χ1n) is 7.14. The number of aromatic hydroxyl groups is 1. The number of rotatable bonds is 4. The van der Waals surface area contributed by atoms with Crippen molar-refractivity contribution in [3.63, 3.8) is 0 Å². The molecule has 0 bridgehead atoms. The zero-order chi connectivity index (χ0) is 17.7. The summed E-state index contributed by atoms with van der Waals surface area (Å²) in [5, 5.41) is 24.4. The molecule has 3 N–H and O–H groups in total. The summed E-state index contributed by atoms with van der Waals surface area (Å²) in [6.45, 7) is 3.82. The lowest BCUT2D eigenvalue weighted by Gasteiger charge is -2.10. The van der Waals surface area contributed by atoms with Gasteiger partial charge < -0.3 is 15.7 Å². The van der Waals surface area contributed by atoms with Crippen molar-refractivity contribution in [2.75, 3.05) is 10.6 Å². The Balaban J connectivity index is 2.16. The van der Waals surface area contributed by atoms with Gasteiger partial charge in [0.15, 0.2) is 0 Å². The normalized spacial score (nSPS) is 10.8. The molecule has 0 aliphatic carbocycles. The fourth-order valence-electron chi connectivity index (χ4n) is 2.13. The molecule has 0 saturated carbocycles. The van der Waals surface area contributed by atoms with Crippen molar-refractivity contribution < 1.29 is 9.90 Å². The zero-order valence-electron chi connectivity index (χ0n) is 13.2. The molecule has 2 rings (SSSR count). The highest BCUT2D eigenvalue weighted by molar-refractivity contribution is 6.33. The molecule has 2 aromatic carbocycles. The molecule has 0 atom stereocenters. The summed E-state index contributed by atoms with van der Waals surface area (Å²) in [6.07, 6.45) is 1.32. The van der Waals surface area contributed by atoms with Crippen LogP contribution in [0, 0.1) is 25.2 Å². The van der Waals surface area contributed by atoms with Gasteiger partial charge in [-0.2, -0.15) is 5.26 Å².